The predicted octanol–water partition coefficient (Wildman–Crippen LogP) is 3.67. The zero-order valence-electron chi connectivity index (χ0n) is 11.8. The molecule has 0 spiro atoms. The van der Waals surface area contributed by atoms with E-state index < -0.39 is 0 Å². The van der Waals surface area contributed by atoms with Gasteiger partial charge in [0.2, 0.25) is 0 Å². The molecule has 0 amide bonds. The van der Waals surface area contributed by atoms with Gasteiger partial charge in [-0.1, -0.05) is 60.7 Å². The van der Waals surface area contributed by atoms with Crippen LogP contribution in [0.15, 0.2) is 72.5 Å². The highest BCUT2D eigenvalue weighted by atomic mass is 16.5. The molecular formula is C18H16O3. The molecule has 0 aromatic heterocycles. The first-order valence-electron chi connectivity index (χ1n) is 6.75. The van der Waals surface area contributed by atoms with Gasteiger partial charge >= 0.3 is 0 Å². The Morgan fingerprint density at radius 2 is 1.29 bits per heavy atom. The van der Waals surface area contributed by atoms with Gasteiger partial charge in [0.25, 0.3) is 0 Å². The van der Waals surface area contributed by atoms with Crippen molar-refractivity contribution in [1.29, 1.82) is 0 Å². The fraction of sp³-hybridized carbons (Fsp3) is 0.111. The van der Waals surface area contributed by atoms with Crippen molar-refractivity contribution in [3.63, 3.8) is 0 Å². The first-order valence-corrected chi connectivity index (χ1v) is 6.75. The summed E-state index contributed by atoms with van der Waals surface area (Å²) in [6, 6.07) is 17.4. The van der Waals surface area contributed by atoms with Crippen LogP contribution < -0.4 is 0 Å². The van der Waals surface area contributed by atoms with E-state index in [0.717, 1.165) is 0 Å². The molecule has 3 heteroatoms. The van der Waals surface area contributed by atoms with Gasteiger partial charge in [0.05, 0.1) is 12.9 Å². The highest BCUT2D eigenvalue weighted by Crippen LogP contribution is 2.14. The van der Waals surface area contributed by atoms with Crippen LogP contribution in [0.5, 0.6) is 0 Å². The second-order valence-corrected chi connectivity index (χ2v) is 4.38. The zero-order valence-corrected chi connectivity index (χ0v) is 11.8. The molecule has 0 heterocycles. The van der Waals surface area contributed by atoms with Crippen molar-refractivity contribution >= 4 is 11.6 Å². The summed E-state index contributed by atoms with van der Waals surface area (Å²) in [5, 5.41) is 0. The second kappa shape index (κ2) is 7.20. The lowest BCUT2D eigenvalue weighted by Crippen LogP contribution is -2.14. The number of hydrogen-bond donors (Lipinski definition) is 0. The number of carbonyl (C=O) groups excluding carboxylic acids is 2. The van der Waals surface area contributed by atoms with Crippen LogP contribution in [0.3, 0.4) is 0 Å². The van der Waals surface area contributed by atoms with Crippen molar-refractivity contribution in [2.75, 3.05) is 6.61 Å². The minimum atomic E-state index is -0.335. The molecule has 0 bridgehead atoms. The summed E-state index contributed by atoms with van der Waals surface area (Å²) in [5.74, 6) is -0.671. The summed E-state index contributed by atoms with van der Waals surface area (Å²) in [7, 11) is 0. The van der Waals surface area contributed by atoms with Gasteiger partial charge in [-0.2, -0.15) is 0 Å². The number of ether oxygens (including phenoxy) is 1. The Balaban J connectivity index is 2.36. The normalized spacial score (nSPS) is 9.76. The van der Waals surface area contributed by atoms with Crippen LogP contribution in [0, 0.1) is 0 Å². The number of carbonyl (C=O) groups is 2. The molecular weight excluding hydrogens is 264 g/mol. The van der Waals surface area contributed by atoms with Crippen molar-refractivity contribution in [1.82, 2.24) is 0 Å². The van der Waals surface area contributed by atoms with Gasteiger partial charge in [-0.15, -0.1) is 0 Å². The molecule has 2 rings (SSSR count). The standard InChI is InChI=1S/C18H16O3/c1-2-21-13-16(17(19)14-9-5-3-6-10-14)18(20)15-11-7-4-8-12-15/h3-13H,2H2,1H3. The van der Waals surface area contributed by atoms with E-state index in [1.807, 2.05) is 12.1 Å². The predicted molar refractivity (Wildman–Crippen MR) is 81.3 cm³/mol. The van der Waals surface area contributed by atoms with Crippen molar-refractivity contribution in [3.05, 3.63) is 83.6 Å². The van der Waals surface area contributed by atoms with Gasteiger partial charge < -0.3 is 4.74 Å². The molecule has 106 valence electrons. The van der Waals surface area contributed by atoms with Gasteiger partial charge in [-0.05, 0) is 6.92 Å². The second-order valence-electron chi connectivity index (χ2n) is 4.38. The van der Waals surface area contributed by atoms with E-state index in [1.165, 1.54) is 6.26 Å². The molecule has 0 saturated heterocycles. The smallest absolute Gasteiger partial charge is 0.200 e. The summed E-state index contributed by atoms with van der Waals surface area (Å²) < 4.78 is 5.18. The van der Waals surface area contributed by atoms with E-state index in [0.29, 0.717) is 17.7 Å². The summed E-state index contributed by atoms with van der Waals surface area (Å²) in [6.45, 7) is 2.20. The van der Waals surface area contributed by atoms with Crippen LogP contribution in [0.25, 0.3) is 0 Å². The number of rotatable bonds is 6. The SMILES string of the molecule is CCOC=C(C(=O)c1ccccc1)C(=O)c1ccccc1. The summed E-state index contributed by atoms with van der Waals surface area (Å²) in [4.78, 5) is 25.0. The van der Waals surface area contributed by atoms with E-state index in [4.69, 9.17) is 4.74 Å². The third-order valence-corrected chi connectivity index (χ3v) is 2.93. The van der Waals surface area contributed by atoms with E-state index in [-0.39, 0.29) is 17.1 Å². The van der Waals surface area contributed by atoms with Crippen LogP contribution in [0.2, 0.25) is 0 Å². The van der Waals surface area contributed by atoms with E-state index in [2.05, 4.69) is 0 Å². The molecule has 0 radical (unpaired) electrons. The van der Waals surface area contributed by atoms with E-state index >= 15 is 0 Å². The number of allylic oxidation sites excluding steroid dienone is 1. The fourth-order valence-electron chi connectivity index (χ4n) is 1.87. The van der Waals surface area contributed by atoms with Crippen molar-refractivity contribution in [3.8, 4) is 0 Å². The van der Waals surface area contributed by atoms with Crippen molar-refractivity contribution in [2.45, 2.75) is 6.92 Å². The molecule has 0 atom stereocenters. The number of Topliss-reactive ketones (excluding diaryl/α,β-unsaturated/α-hetero) is 2. The number of ketones is 2. The molecule has 3 nitrogen and oxygen atoms in total. The number of benzene rings is 2. The Hall–Kier alpha value is -2.68. The van der Waals surface area contributed by atoms with Gasteiger partial charge in [-0.3, -0.25) is 9.59 Å². The van der Waals surface area contributed by atoms with E-state index in [9.17, 15) is 9.59 Å². The molecule has 21 heavy (non-hydrogen) atoms. The molecule has 0 aliphatic heterocycles. The van der Waals surface area contributed by atoms with Crippen molar-refractivity contribution < 1.29 is 14.3 Å². The molecule has 2 aromatic carbocycles. The summed E-state index contributed by atoms with van der Waals surface area (Å²) >= 11 is 0. The largest absolute Gasteiger partial charge is 0.501 e. The van der Waals surface area contributed by atoms with Crippen LogP contribution in [0.1, 0.15) is 27.6 Å². The van der Waals surface area contributed by atoms with Crippen LogP contribution in [-0.2, 0) is 4.74 Å². The fourth-order valence-corrected chi connectivity index (χ4v) is 1.87. The Morgan fingerprint density at radius 1 is 0.857 bits per heavy atom. The van der Waals surface area contributed by atoms with Crippen LogP contribution >= 0.6 is 0 Å². The van der Waals surface area contributed by atoms with Gasteiger partial charge in [-0.25, -0.2) is 0 Å². The molecule has 2 aromatic rings. The Labute approximate surface area is 123 Å². The lowest BCUT2D eigenvalue weighted by Gasteiger charge is -2.06. The van der Waals surface area contributed by atoms with Crippen LogP contribution in [0.4, 0.5) is 0 Å². The zero-order chi connectivity index (χ0) is 15.1. The molecule has 0 fully saturated rings. The minimum Gasteiger partial charge on any atom is -0.501 e. The number of hydrogen-bond acceptors (Lipinski definition) is 3. The van der Waals surface area contributed by atoms with Gasteiger partial charge in [0, 0.05) is 11.1 Å². The molecule has 0 N–H and O–H groups in total. The average molecular weight is 280 g/mol. The van der Waals surface area contributed by atoms with Gasteiger partial charge in [0.1, 0.15) is 5.57 Å². The third kappa shape index (κ3) is 3.66. The maximum atomic E-state index is 12.5. The monoisotopic (exact) mass is 280 g/mol. The summed E-state index contributed by atoms with van der Waals surface area (Å²) in [6.07, 6.45) is 1.25. The molecule has 0 saturated carbocycles. The lowest BCUT2D eigenvalue weighted by molar-refractivity contribution is 0.0954. The van der Waals surface area contributed by atoms with E-state index in [1.54, 1.807) is 55.5 Å². The first-order chi connectivity index (χ1) is 10.2. The third-order valence-electron chi connectivity index (χ3n) is 2.93. The quantitative estimate of drug-likeness (QED) is 0.266. The maximum absolute atomic E-state index is 12.5. The topological polar surface area (TPSA) is 43.4 Å². The molecule has 0 aliphatic carbocycles. The maximum Gasteiger partial charge on any atom is 0.200 e. The highest BCUT2D eigenvalue weighted by molar-refractivity contribution is 6.30. The Kier molecular flexibility index (Phi) is 5.04. The molecule has 0 unspecified atom stereocenters. The average Bonchev–Trinajstić information content (AvgIpc) is 2.56. The summed E-state index contributed by atoms with van der Waals surface area (Å²) in [5.41, 5.74) is 0.967. The van der Waals surface area contributed by atoms with Crippen LogP contribution in [-0.4, -0.2) is 18.2 Å². The van der Waals surface area contributed by atoms with Crippen molar-refractivity contribution in [2.24, 2.45) is 0 Å². The highest BCUT2D eigenvalue weighted by Gasteiger charge is 2.21. The van der Waals surface area contributed by atoms with Gasteiger partial charge in [0.15, 0.2) is 11.6 Å². The first kappa shape index (κ1) is 14.7. The molecule has 0 aliphatic rings. The Bertz CT molecular complexity index is 589. The minimum absolute atomic E-state index is 0.0363. The lowest BCUT2D eigenvalue weighted by atomic mass is 9.97. The Morgan fingerprint density at radius 3 is 1.67 bits per heavy atom.